The fourth-order valence-electron chi connectivity index (χ4n) is 5.25. The minimum atomic E-state index is -0.595. The Hall–Kier alpha value is -3.32. The van der Waals surface area contributed by atoms with E-state index < -0.39 is 11.7 Å². The van der Waals surface area contributed by atoms with E-state index in [1.165, 1.54) is 7.11 Å². The Morgan fingerprint density at radius 2 is 1.68 bits per heavy atom. The van der Waals surface area contributed by atoms with Crippen LogP contribution in [0.25, 0.3) is 10.9 Å². The average Bonchev–Trinajstić information content (AvgIpc) is 3.31. The van der Waals surface area contributed by atoms with Gasteiger partial charge in [0, 0.05) is 24.6 Å². The number of ether oxygens (including phenoxy) is 4. The summed E-state index contributed by atoms with van der Waals surface area (Å²) in [4.78, 5) is 24.8. The number of hydrogen-bond donors (Lipinski definition) is 0. The molecule has 37 heavy (non-hydrogen) atoms. The second-order valence-electron chi connectivity index (χ2n) is 10.8. The zero-order valence-corrected chi connectivity index (χ0v) is 22.8. The molecule has 0 amide bonds. The fourth-order valence-corrected chi connectivity index (χ4v) is 5.25. The summed E-state index contributed by atoms with van der Waals surface area (Å²) in [5.41, 5.74) is 3.80. The molecule has 0 bridgehead atoms. The summed E-state index contributed by atoms with van der Waals surface area (Å²) < 4.78 is 24.6. The van der Waals surface area contributed by atoms with Gasteiger partial charge in [0.05, 0.1) is 24.3 Å². The molecular formula is C30H37NO6. The third-order valence-corrected chi connectivity index (χ3v) is 6.99. The molecule has 1 fully saturated rings. The van der Waals surface area contributed by atoms with Gasteiger partial charge < -0.3 is 18.9 Å². The fraction of sp³-hybridized carbons (Fsp3) is 0.467. The van der Waals surface area contributed by atoms with Crippen LogP contribution in [0.2, 0.25) is 0 Å². The highest BCUT2D eigenvalue weighted by Gasteiger charge is 2.34. The van der Waals surface area contributed by atoms with Crippen LogP contribution in [0.15, 0.2) is 42.6 Å². The maximum atomic E-state index is 12.9. The van der Waals surface area contributed by atoms with Crippen molar-refractivity contribution in [3.8, 4) is 5.75 Å². The number of carbonyl (C=O) groups excluding carboxylic acids is 2. The molecule has 7 heteroatoms. The van der Waals surface area contributed by atoms with E-state index in [-0.39, 0.29) is 24.1 Å². The Kier molecular flexibility index (Phi) is 7.64. The Morgan fingerprint density at radius 1 is 0.973 bits per heavy atom. The van der Waals surface area contributed by atoms with Gasteiger partial charge in [-0.15, -0.1) is 0 Å². The molecule has 4 rings (SSSR count). The molecule has 1 aromatic heterocycles. The van der Waals surface area contributed by atoms with Crippen molar-refractivity contribution < 1.29 is 28.5 Å². The predicted molar refractivity (Wildman–Crippen MR) is 143 cm³/mol. The molecule has 1 heterocycles. The van der Waals surface area contributed by atoms with Crippen LogP contribution in [0.4, 0.5) is 4.79 Å². The number of hydrogen-bond acceptors (Lipinski definition) is 6. The number of aryl methyl sites for hydroxylation is 2. The lowest BCUT2D eigenvalue weighted by atomic mass is 9.79. The number of nitrogens with zero attached hydrogens (tertiary/aromatic N) is 1. The van der Waals surface area contributed by atoms with Crippen LogP contribution in [0.5, 0.6) is 5.75 Å². The Morgan fingerprint density at radius 3 is 2.30 bits per heavy atom. The molecule has 198 valence electrons. The van der Waals surface area contributed by atoms with Crippen LogP contribution < -0.4 is 4.74 Å². The number of fused-ring (bicyclic) bond motifs is 1. The number of aromatic nitrogens is 1. The van der Waals surface area contributed by atoms with Crippen molar-refractivity contribution in [3.05, 3.63) is 64.8 Å². The van der Waals surface area contributed by atoms with Gasteiger partial charge in [0.15, 0.2) is 0 Å². The van der Waals surface area contributed by atoms with Gasteiger partial charge in [-0.2, -0.15) is 0 Å². The molecule has 3 unspecified atom stereocenters. The molecule has 3 atom stereocenters. The Bertz CT molecular complexity index is 1280. The van der Waals surface area contributed by atoms with Crippen LogP contribution in [0.1, 0.15) is 73.0 Å². The summed E-state index contributed by atoms with van der Waals surface area (Å²) in [6.07, 6.45) is 3.91. The Labute approximate surface area is 218 Å². The van der Waals surface area contributed by atoms with Crippen molar-refractivity contribution in [2.45, 2.75) is 77.6 Å². The highest BCUT2D eigenvalue weighted by Crippen LogP contribution is 2.41. The minimum absolute atomic E-state index is 0.0779. The first-order valence-electron chi connectivity index (χ1n) is 12.7. The summed E-state index contributed by atoms with van der Waals surface area (Å²) in [5, 5.41) is 0.886. The maximum absolute atomic E-state index is 12.9. The third-order valence-electron chi connectivity index (χ3n) is 6.99. The van der Waals surface area contributed by atoms with Crippen molar-refractivity contribution >= 4 is 23.0 Å². The van der Waals surface area contributed by atoms with E-state index in [9.17, 15) is 9.59 Å². The van der Waals surface area contributed by atoms with Crippen LogP contribution in [0.3, 0.4) is 0 Å². The molecule has 1 saturated carbocycles. The Balaban J connectivity index is 1.69. The first-order valence-corrected chi connectivity index (χ1v) is 12.7. The second-order valence-corrected chi connectivity index (χ2v) is 10.8. The molecule has 7 nitrogen and oxygen atoms in total. The summed E-state index contributed by atoms with van der Waals surface area (Å²) in [6.45, 7) is 9.60. The van der Waals surface area contributed by atoms with Gasteiger partial charge in [-0.05, 0) is 88.8 Å². The second kappa shape index (κ2) is 10.6. The van der Waals surface area contributed by atoms with Crippen molar-refractivity contribution in [3.63, 3.8) is 0 Å². The quantitative estimate of drug-likeness (QED) is 0.364. The highest BCUT2D eigenvalue weighted by molar-refractivity contribution is 5.96. The van der Waals surface area contributed by atoms with Gasteiger partial charge in [0.2, 0.25) is 0 Å². The molecule has 0 spiro atoms. The van der Waals surface area contributed by atoms with Gasteiger partial charge in [-0.25, -0.2) is 9.59 Å². The van der Waals surface area contributed by atoms with E-state index in [2.05, 4.69) is 6.07 Å². The number of benzene rings is 2. The summed E-state index contributed by atoms with van der Waals surface area (Å²) in [6, 6.07) is 11.5. The normalized spacial score (nSPS) is 20.0. The monoisotopic (exact) mass is 507 g/mol. The van der Waals surface area contributed by atoms with E-state index >= 15 is 0 Å². The number of carbonyl (C=O) groups is 2. The average molecular weight is 508 g/mol. The first-order chi connectivity index (χ1) is 17.5. The standard InChI is InChI=1S/C30H37NO6/c1-18-16-19(2)27(23-14-15-31(26(18)23)29(33)37-30(3,4)5)36-25-13-12-22(34-6)17-24(25)20-8-10-21(11-9-20)28(32)35-7/h8-11,14-16,22,24-25H,12-13,17H2,1-7H3. The minimum Gasteiger partial charge on any atom is -0.489 e. The zero-order valence-electron chi connectivity index (χ0n) is 22.8. The lowest BCUT2D eigenvalue weighted by Crippen LogP contribution is -2.35. The van der Waals surface area contributed by atoms with E-state index in [0.29, 0.717) is 5.56 Å². The van der Waals surface area contributed by atoms with Crippen molar-refractivity contribution in [2.75, 3.05) is 14.2 Å². The molecular weight excluding hydrogens is 470 g/mol. The molecule has 3 aromatic rings. The SMILES string of the molecule is COC(=O)c1ccc(C2CC(OC)CCC2Oc2c(C)cc(C)c3c2ccn3C(=O)OC(C)(C)C)cc1. The molecule has 1 aliphatic rings. The smallest absolute Gasteiger partial charge is 0.419 e. The van der Waals surface area contributed by atoms with Crippen LogP contribution >= 0.6 is 0 Å². The van der Waals surface area contributed by atoms with Crippen molar-refractivity contribution in [1.29, 1.82) is 0 Å². The number of methoxy groups -OCH3 is 2. The summed E-state index contributed by atoms with van der Waals surface area (Å²) in [5.74, 6) is 0.499. The highest BCUT2D eigenvalue weighted by atomic mass is 16.6. The van der Waals surface area contributed by atoms with Crippen molar-refractivity contribution in [1.82, 2.24) is 4.57 Å². The molecule has 1 aliphatic carbocycles. The van der Waals surface area contributed by atoms with E-state index in [1.54, 1.807) is 30.0 Å². The first kappa shape index (κ1) is 26.7. The van der Waals surface area contributed by atoms with Crippen LogP contribution in [-0.2, 0) is 14.2 Å². The van der Waals surface area contributed by atoms with E-state index in [1.807, 2.05) is 52.8 Å². The van der Waals surface area contributed by atoms with Gasteiger partial charge >= 0.3 is 12.1 Å². The van der Waals surface area contributed by atoms with E-state index in [4.69, 9.17) is 18.9 Å². The molecule has 0 N–H and O–H groups in total. The van der Waals surface area contributed by atoms with Crippen LogP contribution in [0, 0.1) is 13.8 Å². The predicted octanol–water partition coefficient (Wildman–Crippen LogP) is 6.56. The van der Waals surface area contributed by atoms with Gasteiger partial charge in [-0.1, -0.05) is 18.2 Å². The molecule has 0 saturated heterocycles. The number of rotatable bonds is 5. The van der Waals surface area contributed by atoms with Crippen molar-refractivity contribution in [2.24, 2.45) is 0 Å². The van der Waals surface area contributed by atoms with Gasteiger partial charge in [0.25, 0.3) is 0 Å². The topological polar surface area (TPSA) is 76.0 Å². The molecule has 0 aliphatic heterocycles. The zero-order chi connectivity index (χ0) is 26.9. The molecule has 2 aromatic carbocycles. The van der Waals surface area contributed by atoms with Gasteiger partial charge in [-0.3, -0.25) is 4.57 Å². The largest absolute Gasteiger partial charge is 0.489 e. The number of esters is 1. The lowest BCUT2D eigenvalue weighted by molar-refractivity contribution is 0.0193. The van der Waals surface area contributed by atoms with E-state index in [0.717, 1.165) is 52.6 Å². The maximum Gasteiger partial charge on any atom is 0.419 e. The molecule has 0 radical (unpaired) electrons. The summed E-state index contributed by atoms with van der Waals surface area (Å²) in [7, 11) is 3.13. The summed E-state index contributed by atoms with van der Waals surface area (Å²) >= 11 is 0. The lowest BCUT2D eigenvalue weighted by Gasteiger charge is -2.36. The van der Waals surface area contributed by atoms with Gasteiger partial charge in [0.1, 0.15) is 17.5 Å². The third kappa shape index (κ3) is 5.67. The van der Waals surface area contributed by atoms with Crippen LogP contribution in [-0.4, -0.2) is 48.7 Å².